The van der Waals surface area contributed by atoms with Crippen LogP contribution in [0.25, 0.3) is 11.3 Å². The number of carbonyl (C=O) groups is 1. The quantitative estimate of drug-likeness (QED) is 0.456. The van der Waals surface area contributed by atoms with Crippen molar-refractivity contribution in [3.05, 3.63) is 76.4 Å². The SMILES string of the molecule is Cc1cc(-c2ccccc2)n(CC2CCC(NC(=O)c3cc(C(F)(F)F)ccc3Cl)CC2)n1. The Balaban J connectivity index is 1.36. The van der Waals surface area contributed by atoms with Gasteiger partial charge < -0.3 is 5.32 Å². The van der Waals surface area contributed by atoms with Crippen molar-refractivity contribution < 1.29 is 18.0 Å². The van der Waals surface area contributed by atoms with E-state index in [1.807, 2.05) is 25.1 Å². The molecule has 4 rings (SSSR count). The second-order valence-corrected chi connectivity index (χ2v) is 9.01. The van der Waals surface area contributed by atoms with Gasteiger partial charge in [-0.25, -0.2) is 0 Å². The number of carbonyl (C=O) groups excluding carboxylic acids is 1. The molecule has 8 heteroatoms. The van der Waals surface area contributed by atoms with E-state index in [1.165, 1.54) is 0 Å². The van der Waals surface area contributed by atoms with Gasteiger partial charge in [-0.15, -0.1) is 0 Å². The third-order valence-electron chi connectivity index (χ3n) is 6.12. The van der Waals surface area contributed by atoms with Crippen LogP contribution in [0.15, 0.2) is 54.6 Å². The van der Waals surface area contributed by atoms with E-state index in [-0.39, 0.29) is 16.6 Å². The highest BCUT2D eigenvalue weighted by molar-refractivity contribution is 6.33. The van der Waals surface area contributed by atoms with Crippen molar-refractivity contribution in [2.75, 3.05) is 0 Å². The van der Waals surface area contributed by atoms with Crippen LogP contribution in [0, 0.1) is 12.8 Å². The number of benzene rings is 2. The first-order valence-electron chi connectivity index (χ1n) is 11.0. The monoisotopic (exact) mass is 475 g/mol. The Labute approximate surface area is 195 Å². The average Bonchev–Trinajstić information content (AvgIpc) is 3.15. The Kier molecular flexibility index (Phi) is 6.79. The van der Waals surface area contributed by atoms with Crippen LogP contribution in [0.3, 0.4) is 0 Å². The average molecular weight is 476 g/mol. The Hall–Kier alpha value is -2.80. The minimum atomic E-state index is -4.53. The van der Waals surface area contributed by atoms with Gasteiger partial charge in [0.1, 0.15) is 0 Å². The molecule has 1 heterocycles. The molecule has 0 unspecified atom stereocenters. The van der Waals surface area contributed by atoms with Crippen molar-refractivity contribution in [2.45, 2.75) is 51.4 Å². The molecule has 0 spiro atoms. The first-order chi connectivity index (χ1) is 15.7. The highest BCUT2D eigenvalue weighted by Crippen LogP contribution is 2.32. The molecule has 1 saturated carbocycles. The van der Waals surface area contributed by atoms with Crippen LogP contribution in [-0.4, -0.2) is 21.7 Å². The zero-order chi connectivity index (χ0) is 23.6. The number of alkyl halides is 3. The number of hydrogen-bond acceptors (Lipinski definition) is 2. The van der Waals surface area contributed by atoms with Gasteiger partial charge in [0.2, 0.25) is 0 Å². The van der Waals surface area contributed by atoms with Gasteiger partial charge in [0.05, 0.1) is 27.5 Å². The Morgan fingerprint density at radius 1 is 1.09 bits per heavy atom. The lowest BCUT2D eigenvalue weighted by Gasteiger charge is -2.29. The van der Waals surface area contributed by atoms with Crippen LogP contribution in [0.5, 0.6) is 0 Å². The molecule has 4 nitrogen and oxygen atoms in total. The van der Waals surface area contributed by atoms with Gasteiger partial charge >= 0.3 is 6.18 Å². The van der Waals surface area contributed by atoms with Gasteiger partial charge in [-0.2, -0.15) is 18.3 Å². The summed E-state index contributed by atoms with van der Waals surface area (Å²) in [5, 5.41) is 7.54. The molecular weight excluding hydrogens is 451 g/mol. The highest BCUT2D eigenvalue weighted by Gasteiger charge is 2.32. The van der Waals surface area contributed by atoms with Gasteiger partial charge in [0.15, 0.2) is 0 Å². The predicted molar refractivity (Wildman–Crippen MR) is 122 cm³/mol. The molecule has 1 aromatic heterocycles. The van der Waals surface area contributed by atoms with Crippen molar-refractivity contribution in [1.82, 2.24) is 15.1 Å². The number of nitrogens with one attached hydrogen (secondary N) is 1. The summed E-state index contributed by atoms with van der Waals surface area (Å²) in [6.45, 7) is 2.77. The fourth-order valence-corrected chi connectivity index (χ4v) is 4.60. The van der Waals surface area contributed by atoms with Gasteiger partial charge in [-0.3, -0.25) is 9.48 Å². The minimum absolute atomic E-state index is 0.0108. The first kappa shape index (κ1) is 23.4. The van der Waals surface area contributed by atoms with Crippen LogP contribution >= 0.6 is 11.6 Å². The van der Waals surface area contributed by atoms with E-state index < -0.39 is 17.6 Å². The Morgan fingerprint density at radius 2 is 1.79 bits per heavy atom. The Bertz CT molecular complexity index is 1120. The van der Waals surface area contributed by atoms with Crippen molar-refractivity contribution >= 4 is 17.5 Å². The number of nitrogens with zero attached hydrogens (tertiary/aromatic N) is 2. The number of aromatic nitrogens is 2. The molecule has 2 aromatic carbocycles. The summed E-state index contributed by atoms with van der Waals surface area (Å²) in [5.74, 6) is -0.152. The van der Waals surface area contributed by atoms with Crippen LogP contribution in [0.2, 0.25) is 5.02 Å². The summed E-state index contributed by atoms with van der Waals surface area (Å²) in [4.78, 5) is 12.6. The van der Waals surface area contributed by atoms with E-state index in [4.69, 9.17) is 11.6 Å². The van der Waals surface area contributed by atoms with Crippen molar-refractivity contribution in [2.24, 2.45) is 5.92 Å². The maximum Gasteiger partial charge on any atom is 0.416 e. The molecule has 0 saturated heterocycles. The summed E-state index contributed by atoms with van der Waals surface area (Å²) in [5.41, 5.74) is 2.14. The van der Waals surface area contributed by atoms with E-state index in [0.29, 0.717) is 5.92 Å². The molecular formula is C25H25ClF3N3O. The second kappa shape index (κ2) is 9.59. The molecule has 174 valence electrons. The van der Waals surface area contributed by atoms with Gasteiger partial charge in [0, 0.05) is 12.6 Å². The first-order valence-corrected chi connectivity index (χ1v) is 11.4. The maximum absolute atomic E-state index is 13.0. The van der Waals surface area contributed by atoms with E-state index in [1.54, 1.807) is 0 Å². The van der Waals surface area contributed by atoms with Crippen LogP contribution in [-0.2, 0) is 12.7 Å². The zero-order valence-electron chi connectivity index (χ0n) is 18.2. The summed E-state index contributed by atoms with van der Waals surface area (Å²) in [6, 6.07) is 14.9. The molecule has 33 heavy (non-hydrogen) atoms. The van der Waals surface area contributed by atoms with Crippen molar-refractivity contribution in [1.29, 1.82) is 0 Å². The smallest absolute Gasteiger partial charge is 0.349 e. The highest BCUT2D eigenvalue weighted by atomic mass is 35.5. The molecule has 0 aliphatic heterocycles. The summed E-state index contributed by atoms with van der Waals surface area (Å²) in [7, 11) is 0. The predicted octanol–water partition coefficient (Wildman–Crippen LogP) is 6.52. The summed E-state index contributed by atoms with van der Waals surface area (Å²) < 4.78 is 41.1. The molecule has 0 atom stereocenters. The summed E-state index contributed by atoms with van der Waals surface area (Å²) in [6.07, 6.45) is -1.22. The Morgan fingerprint density at radius 3 is 2.45 bits per heavy atom. The largest absolute Gasteiger partial charge is 0.416 e. The fraction of sp³-hybridized carbons (Fsp3) is 0.360. The molecule has 0 radical (unpaired) electrons. The zero-order valence-corrected chi connectivity index (χ0v) is 19.0. The summed E-state index contributed by atoms with van der Waals surface area (Å²) >= 11 is 6.00. The van der Waals surface area contributed by atoms with E-state index in [9.17, 15) is 18.0 Å². The van der Waals surface area contributed by atoms with Crippen molar-refractivity contribution in [3.8, 4) is 11.3 Å². The number of halogens is 4. The topological polar surface area (TPSA) is 46.9 Å². The molecule has 1 fully saturated rings. The number of amides is 1. The number of hydrogen-bond donors (Lipinski definition) is 1. The lowest BCUT2D eigenvalue weighted by molar-refractivity contribution is -0.137. The second-order valence-electron chi connectivity index (χ2n) is 8.60. The lowest BCUT2D eigenvalue weighted by atomic mass is 9.85. The molecule has 1 aliphatic carbocycles. The molecule has 3 aromatic rings. The van der Waals surface area contributed by atoms with E-state index >= 15 is 0 Å². The van der Waals surface area contributed by atoms with Crippen LogP contribution in [0.1, 0.15) is 47.3 Å². The standard InChI is InChI=1S/C25H25ClF3N3O/c1-16-13-23(18-5-3-2-4-6-18)32(31-16)15-17-7-10-20(11-8-17)30-24(33)21-14-19(25(27,28)29)9-12-22(21)26/h2-6,9,12-14,17,20H,7-8,10-11,15H2,1H3,(H,30,33). The van der Waals surface area contributed by atoms with Gasteiger partial charge in [-0.1, -0.05) is 41.9 Å². The maximum atomic E-state index is 13.0. The lowest BCUT2D eigenvalue weighted by Crippen LogP contribution is -2.38. The fourth-order valence-electron chi connectivity index (χ4n) is 4.40. The third-order valence-corrected chi connectivity index (χ3v) is 6.45. The molecule has 1 aliphatic rings. The normalized spacial score (nSPS) is 18.8. The molecule has 1 amide bonds. The minimum Gasteiger partial charge on any atom is -0.349 e. The van der Waals surface area contributed by atoms with Crippen LogP contribution < -0.4 is 5.32 Å². The van der Waals surface area contributed by atoms with Gasteiger partial charge in [0.25, 0.3) is 5.91 Å². The third kappa shape index (κ3) is 5.58. The van der Waals surface area contributed by atoms with E-state index in [2.05, 4.69) is 33.3 Å². The van der Waals surface area contributed by atoms with Crippen molar-refractivity contribution in [3.63, 3.8) is 0 Å². The number of aryl methyl sites for hydroxylation is 1. The molecule has 0 bridgehead atoms. The molecule has 1 N–H and O–H groups in total. The van der Waals surface area contributed by atoms with Crippen LogP contribution in [0.4, 0.5) is 13.2 Å². The number of rotatable bonds is 5. The van der Waals surface area contributed by atoms with Gasteiger partial charge in [-0.05, 0) is 68.4 Å². The van der Waals surface area contributed by atoms with E-state index in [0.717, 1.165) is 67.4 Å².